The summed E-state index contributed by atoms with van der Waals surface area (Å²) in [5, 5.41) is 9.22. The average molecular weight is 197 g/mol. The number of hydrogen-bond donors (Lipinski definition) is 3. The molecule has 14 heavy (non-hydrogen) atoms. The lowest BCUT2D eigenvalue weighted by molar-refractivity contribution is -0.109. The highest BCUT2D eigenvalue weighted by atomic mass is 16.1. The van der Waals surface area contributed by atoms with E-state index in [2.05, 4.69) is 11.9 Å². The van der Waals surface area contributed by atoms with Gasteiger partial charge in [-0.25, -0.2) is 0 Å². The van der Waals surface area contributed by atoms with Gasteiger partial charge in [0, 0.05) is 18.2 Å². The fraction of sp³-hybridized carbons (Fsp3) is 0.600. The Balaban J connectivity index is 0.000000500. The Bertz CT molecular complexity index is 204. The van der Waals surface area contributed by atoms with E-state index in [-0.39, 0.29) is 6.04 Å². The molecule has 0 spiro atoms. The van der Waals surface area contributed by atoms with Crippen molar-refractivity contribution in [2.24, 2.45) is 11.7 Å². The van der Waals surface area contributed by atoms with Gasteiger partial charge in [-0.3, -0.25) is 0 Å². The number of aldehydes is 1. The molecule has 0 saturated carbocycles. The first-order valence-corrected chi connectivity index (χ1v) is 4.74. The van der Waals surface area contributed by atoms with Gasteiger partial charge in [-0.1, -0.05) is 6.58 Å². The van der Waals surface area contributed by atoms with Gasteiger partial charge >= 0.3 is 0 Å². The summed E-state index contributed by atoms with van der Waals surface area (Å²) in [6.07, 6.45) is 3.83. The summed E-state index contributed by atoms with van der Waals surface area (Å²) >= 11 is 0. The molecule has 1 rings (SSSR count). The van der Waals surface area contributed by atoms with Crippen molar-refractivity contribution in [2.75, 3.05) is 6.54 Å². The van der Waals surface area contributed by atoms with Crippen molar-refractivity contribution in [1.29, 1.82) is 5.41 Å². The molecule has 2 atom stereocenters. The predicted molar refractivity (Wildman–Crippen MR) is 58.4 cm³/mol. The largest absolute Gasteiger partial charge is 0.389 e. The van der Waals surface area contributed by atoms with Crippen LogP contribution in [0.5, 0.6) is 0 Å². The third-order valence-corrected chi connectivity index (χ3v) is 2.07. The molecule has 1 saturated heterocycles. The number of nitrogens with one attached hydrogen (secondary N) is 2. The van der Waals surface area contributed by atoms with Gasteiger partial charge in [-0.05, 0) is 26.0 Å². The van der Waals surface area contributed by atoms with Crippen molar-refractivity contribution in [2.45, 2.75) is 25.8 Å². The summed E-state index contributed by atoms with van der Waals surface area (Å²) in [5.41, 5.74) is 6.51. The summed E-state index contributed by atoms with van der Waals surface area (Å²) in [4.78, 5) is 10.2. The van der Waals surface area contributed by atoms with Gasteiger partial charge in [0.25, 0.3) is 0 Å². The van der Waals surface area contributed by atoms with Crippen LogP contribution in [0, 0.1) is 11.3 Å². The molecule has 4 heteroatoms. The minimum Gasteiger partial charge on any atom is -0.389 e. The van der Waals surface area contributed by atoms with Gasteiger partial charge in [0.15, 0.2) is 0 Å². The Labute approximate surface area is 85.1 Å². The van der Waals surface area contributed by atoms with Gasteiger partial charge in [-0.2, -0.15) is 0 Å². The number of hydrogen-bond acceptors (Lipinski definition) is 4. The molecule has 4 N–H and O–H groups in total. The van der Waals surface area contributed by atoms with Crippen LogP contribution < -0.4 is 11.1 Å². The molecule has 0 aromatic rings. The molecular weight excluding hydrogens is 178 g/mol. The van der Waals surface area contributed by atoms with Crippen molar-refractivity contribution >= 4 is 12.5 Å². The van der Waals surface area contributed by atoms with Gasteiger partial charge in [0.1, 0.15) is 6.29 Å². The van der Waals surface area contributed by atoms with Gasteiger partial charge in [-0.15, -0.1) is 0 Å². The van der Waals surface area contributed by atoms with E-state index in [1.165, 1.54) is 6.21 Å². The molecule has 1 aliphatic rings. The van der Waals surface area contributed by atoms with Crippen molar-refractivity contribution in [3.63, 3.8) is 0 Å². The monoisotopic (exact) mass is 197 g/mol. The van der Waals surface area contributed by atoms with E-state index in [9.17, 15) is 4.79 Å². The zero-order chi connectivity index (χ0) is 11.0. The van der Waals surface area contributed by atoms with E-state index in [4.69, 9.17) is 11.1 Å². The van der Waals surface area contributed by atoms with E-state index < -0.39 is 0 Å². The molecule has 1 fully saturated rings. The van der Waals surface area contributed by atoms with Crippen LogP contribution in [0.15, 0.2) is 12.3 Å². The van der Waals surface area contributed by atoms with E-state index in [0.717, 1.165) is 31.4 Å². The minimum atomic E-state index is -0.323. The van der Waals surface area contributed by atoms with E-state index in [0.29, 0.717) is 5.92 Å². The van der Waals surface area contributed by atoms with Gasteiger partial charge in [0.05, 0.1) is 6.04 Å². The van der Waals surface area contributed by atoms with Crippen LogP contribution in [0.3, 0.4) is 0 Å². The molecule has 2 unspecified atom stereocenters. The van der Waals surface area contributed by atoms with Gasteiger partial charge < -0.3 is 21.3 Å². The summed E-state index contributed by atoms with van der Waals surface area (Å²) in [5.74, 6) is 0.398. The maximum absolute atomic E-state index is 10.2. The van der Waals surface area contributed by atoms with Crippen LogP contribution in [-0.2, 0) is 4.79 Å². The molecule has 0 radical (unpaired) electrons. The molecule has 0 aliphatic carbocycles. The summed E-state index contributed by atoms with van der Waals surface area (Å²) in [7, 11) is 0. The molecule has 0 aromatic heterocycles. The zero-order valence-corrected chi connectivity index (χ0v) is 8.62. The minimum absolute atomic E-state index is 0.323. The highest BCUT2D eigenvalue weighted by molar-refractivity contribution is 5.57. The molecule has 80 valence electrons. The SMILES string of the molecule is C=C1NCCC1CC(N)C=O.CC=N. The second kappa shape index (κ2) is 7.26. The van der Waals surface area contributed by atoms with Crippen molar-refractivity contribution in [3.8, 4) is 0 Å². The van der Waals surface area contributed by atoms with Crippen LogP contribution in [0.1, 0.15) is 19.8 Å². The van der Waals surface area contributed by atoms with Crippen molar-refractivity contribution in [3.05, 3.63) is 12.3 Å². The molecule has 1 heterocycles. The zero-order valence-electron chi connectivity index (χ0n) is 8.62. The lowest BCUT2D eigenvalue weighted by atomic mass is 9.98. The third-order valence-electron chi connectivity index (χ3n) is 2.07. The molecule has 0 amide bonds. The van der Waals surface area contributed by atoms with Gasteiger partial charge in [0.2, 0.25) is 0 Å². The smallest absolute Gasteiger partial charge is 0.136 e. The maximum atomic E-state index is 10.2. The topological polar surface area (TPSA) is 79.0 Å². The van der Waals surface area contributed by atoms with Crippen LogP contribution in [0.25, 0.3) is 0 Å². The third kappa shape index (κ3) is 4.77. The van der Waals surface area contributed by atoms with Crippen LogP contribution in [0.4, 0.5) is 0 Å². The predicted octanol–water partition coefficient (Wildman–Crippen LogP) is 0.682. The first-order valence-electron chi connectivity index (χ1n) is 4.74. The standard InChI is InChI=1S/C8H14N2O.C2H5N/c1-6-7(2-3-10-6)4-8(9)5-11;1-2-3/h5,7-8,10H,1-4,9H2;2-3H,1H3. The second-order valence-electron chi connectivity index (χ2n) is 3.26. The normalized spacial score (nSPS) is 21.6. The fourth-order valence-corrected chi connectivity index (χ4v) is 1.37. The molecule has 0 aromatic carbocycles. The van der Waals surface area contributed by atoms with E-state index >= 15 is 0 Å². The first-order chi connectivity index (χ1) is 6.65. The lowest BCUT2D eigenvalue weighted by Gasteiger charge is -2.11. The summed E-state index contributed by atoms with van der Waals surface area (Å²) < 4.78 is 0. The summed E-state index contributed by atoms with van der Waals surface area (Å²) in [6.45, 7) is 6.47. The molecule has 1 aliphatic heterocycles. The quantitative estimate of drug-likeness (QED) is 0.460. The van der Waals surface area contributed by atoms with Crippen LogP contribution in [-0.4, -0.2) is 25.1 Å². The molecule has 4 nitrogen and oxygen atoms in total. The Kier molecular flexibility index (Phi) is 6.66. The highest BCUT2D eigenvalue weighted by Crippen LogP contribution is 2.21. The van der Waals surface area contributed by atoms with Crippen LogP contribution >= 0.6 is 0 Å². The Morgan fingerprint density at radius 1 is 1.86 bits per heavy atom. The fourth-order valence-electron chi connectivity index (χ4n) is 1.37. The Hall–Kier alpha value is -1.16. The van der Waals surface area contributed by atoms with Crippen molar-refractivity contribution < 1.29 is 4.79 Å². The van der Waals surface area contributed by atoms with E-state index in [1.54, 1.807) is 6.92 Å². The lowest BCUT2D eigenvalue weighted by Crippen LogP contribution is -2.25. The number of rotatable bonds is 3. The van der Waals surface area contributed by atoms with Crippen molar-refractivity contribution in [1.82, 2.24) is 5.32 Å². The average Bonchev–Trinajstić information content (AvgIpc) is 2.53. The molecule has 0 bridgehead atoms. The molecular formula is C10H19N3O. The second-order valence-corrected chi connectivity index (χ2v) is 3.26. The number of nitrogens with two attached hydrogens (primary N) is 1. The highest BCUT2D eigenvalue weighted by Gasteiger charge is 2.20. The Morgan fingerprint density at radius 2 is 2.43 bits per heavy atom. The maximum Gasteiger partial charge on any atom is 0.136 e. The number of allylic oxidation sites excluding steroid dienone is 1. The summed E-state index contributed by atoms with van der Waals surface area (Å²) in [6, 6.07) is -0.323. The first kappa shape index (κ1) is 12.8. The van der Waals surface area contributed by atoms with Crippen LogP contribution in [0.2, 0.25) is 0 Å². The number of carbonyl (C=O) groups excluding carboxylic acids is 1. The number of carbonyl (C=O) groups is 1. The Morgan fingerprint density at radius 3 is 2.79 bits per heavy atom. The van der Waals surface area contributed by atoms with E-state index in [1.807, 2.05) is 0 Å².